The first-order valence-electron chi connectivity index (χ1n) is 8.29. The number of benzene rings is 2. The molecule has 0 bridgehead atoms. The van der Waals surface area contributed by atoms with Crippen molar-refractivity contribution in [2.24, 2.45) is 0 Å². The van der Waals surface area contributed by atoms with E-state index in [2.05, 4.69) is 10.8 Å². The van der Waals surface area contributed by atoms with Gasteiger partial charge in [-0.1, -0.05) is 61.3 Å². The highest BCUT2D eigenvalue weighted by Crippen LogP contribution is 2.33. The van der Waals surface area contributed by atoms with Gasteiger partial charge in [-0.2, -0.15) is 5.48 Å². The predicted octanol–water partition coefficient (Wildman–Crippen LogP) is 5.52. The lowest BCUT2D eigenvalue weighted by Gasteiger charge is -2.16. The molecule has 25 heavy (non-hydrogen) atoms. The summed E-state index contributed by atoms with van der Waals surface area (Å²) in [6, 6.07) is 12.9. The zero-order valence-electron chi connectivity index (χ0n) is 14.3. The monoisotopic (exact) mass is 380 g/mol. The maximum absolute atomic E-state index is 12.1. The maximum atomic E-state index is 12.1. The van der Waals surface area contributed by atoms with Gasteiger partial charge in [-0.3, -0.25) is 4.79 Å². The Morgan fingerprint density at radius 1 is 1.04 bits per heavy atom. The Morgan fingerprint density at radius 3 is 2.32 bits per heavy atom. The Morgan fingerprint density at radius 2 is 1.68 bits per heavy atom. The first-order valence-corrected chi connectivity index (χ1v) is 9.04. The van der Waals surface area contributed by atoms with Crippen molar-refractivity contribution < 1.29 is 9.63 Å². The molecule has 0 amide bonds. The van der Waals surface area contributed by atoms with E-state index in [9.17, 15) is 4.79 Å². The Hall–Kier alpha value is -1.75. The second-order valence-electron chi connectivity index (χ2n) is 5.66. The number of carbonyl (C=O) groups excluding carboxylic acids is 1. The van der Waals surface area contributed by atoms with E-state index >= 15 is 0 Å². The fourth-order valence-electron chi connectivity index (χ4n) is 2.34. The fraction of sp³-hybridized carbons (Fsp3) is 0.316. The van der Waals surface area contributed by atoms with Gasteiger partial charge in [-0.25, -0.2) is 0 Å². The van der Waals surface area contributed by atoms with Gasteiger partial charge in [0.15, 0.2) is 0 Å². The van der Waals surface area contributed by atoms with Crippen LogP contribution in [-0.4, -0.2) is 12.0 Å². The molecule has 0 aromatic heterocycles. The van der Waals surface area contributed by atoms with Gasteiger partial charge in [-0.15, -0.1) is 0 Å². The lowest BCUT2D eigenvalue weighted by molar-refractivity contribution is -0.152. The minimum atomic E-state index is -0.341. The summed E-state index contributed by atoms with van der Waals surface area (Å²) >= 11 is 12.4. The molecule has 0 aliphatic carbocycles. The lowest BCUT2D eigenvalue weighted by atomic mass is 10.1. The summed E-state index contributed by atoms with van der Waals surface area (Å²) in [5.41, 5.74) is 4.99. The Kier molecular flexibility index (Phi) is 7.56. The molecule has 0 saturated carbocycles. The van der Waals surface area contributed by atoms with E-state index in [4.69, 9.17) is 28.0 Å². The highest BCUT2D eigenvalue weighted by atomic mass is 35.5. The molecule has 4 nitrogen and oxygen atoms in total. The van der Waals surface area contributed by atoms with Crippen molar-refractivity contribution in [1.29, 1.82) is 0 Å². The molecule has 2 N–H and O–H groups in total. The number of hydrogen-bond donors (Lipinski definition) is 2. The summed E-state index contributed by atoms with van der Waals surface area (Å²) in [4.78, 5) is 17.3. The fourth-order valence-corrected chi connectivity index (χ4v) is 2.84. The number of para-hydroxylation sites is 2. The van der Waals surface area contributed by atoms with Crippen molar-refractivity contribution in [3.8, 4) is 0 Å². The van der Waals surface area contributed by atoms with Gasteiger partial charge in [0.05, 0.1) is 22.2 Å². The zero-order chi connectivity index (χ0) is 18.2. The highest BCUT2D eigenvalue weighted by molar-refractivity contribution is 6.39. The Labute approximate surface area is 158 Å². The molecule has 0 fully saturated rings. The summed E-state index contributed by atoms with van der Waals surface area (Å²) in [6.07, 6.45) is 1.93. The largest absolute Gasteiger partial charge is 0.370 e. The zero-order valence-corrected chi connectivity index (χ0v) is 15.8. The third-order valence-corrected chi connectivity index (χ3v) is 4.53. The highest BCUT2D eigenvalue weighted by Gasteiger charge is 2.13. The molecule has 0 aliphatic heterocycles. The van der Waals surface area contributed by atoms with E-state index in [0.29, 0.717) is 15.7 Å². The van der Waals surface area contributed by atoms with Gasteiger partial charge >= 0.3 is 5.97 Å². The first-order chi connectivity index (χ1) is 12.0. The number of hydroxylamine groups is 1. The Bertz CT molecular complexity index is 698. The number of rotatable bonds is 8. The molecule has 0 aliphatic rings. The van der Waals surface area contributed by atoms with Crippen molar-refractivity contribution in [3.05, 3.63) is 58.1 Å². The summed E-state index contributed by atoms with van der Waals surface area (Å²) in [6.45, 7) is 4.09. The van der Waals surface area contributed by atoms with Crippen molar-refractivity contribution in [1.82, 2.24) is 5.48 Å². The van der Waals surface area contributed by atoms with Crippen LogP contribution in [0.2, 0.25) is 10.0 Å². The number of carbonyl (C=O) groups is 1. The van der Waals surface area contributed by atoms with Gasteiger partial charge in [0.2, 0.25) is 0 Å². The summed E-state index contributed by atoms with van der Waals surface area (Å²) in [5, 5.41) is 4.24. The summed E-state index contributed by atoms with van der Waals surface area (Å²) < 4.78 is 0. The number of hydrogen-bond acceptors (Lipinski definition) is 4. The van der Waals surface area contributed by atoms with Crippen molar-refractivity contribution in [2.75, 3.05) is 5.32 Å². The molecular weight excluding hydrogens is 359 g/mol. The van der Waals surface area contributed by atoms with Gasteiger partial charge in [0, 0.05) is 11.7 Å². The van der Waals surface area contributed by atoms with Gasteiger partial charge in [0.1, 0.15) is 0 Å². The smallest absolute Gasteiger partial charge is 0.329 e. The molecule has 2 aromatic carbocycles. The van der Waals surface area contributed by atoms with Gasteiger partial charge < -0.3 is 10.2 Å². The van der Waals surface area contributed by atoms with E-state index in [0.717, 1.165) is 24.1 Å². The second-order valence-corrected chi connectivity index (χ2v) is 6.48. The van der Waals surface area contributed by atoms with E-state index in [1.54, 1.807) is 18.2 Å². The quantitative estimate of drug-likeness (QED) is 0.592. The lowest BCUT2D eigenvalue weighted by Crippen LogP contribution is -2.31. The van der Waals surface area contributed by atoms with E-state index < -0.39 is 0 Å². The van der Waals surface area contributed by atoms with Crippen molar-refractivity contribution in [3.63, 3.8) is 0 Å². The van der Waals surface area contributed by atoms with E-state index in [1.165, 1.54) is 0 Å². The van der Waals surface area contributed by atoms with Crippen LogP contribution in [0.3, 0.4) is 0 Å². The average molecular weight is 381 g/mol. The van der Waals surface area contributed by atoms with Crippen molar-refractivity contribution in [2.45, 2.75) is 39.2 Å². The predicted molar refractivity (Wildman–Crippen MR) is 103 cm³/mol. The van der Waals surface area contributed by atoms with Gasteiger partial charge in [0.25, 0.3) is 0 Å². The van der Waals surface area contributed by atoms with E-state index in [-0.39, 0.29) is 18.4 Å². The minimum Gasteiger partial charge on any atom is -0.370 e. The summed E-state index contributed by atoms with van der Waals surface area (Å²) in [7, 11) is 0. The third-order valence-electron chi connectivity index (χ3n) is 3.90. The van der Waals surface area contributed by atoms with Crippen LogP contribution in [0.25, 0.3) is 0 Å². The number of anilines is 2. The molecule has 0 unspecified atom stereocenters. The molecule has 0 heterocycles. The van der Waals surface area contributed by atoms with Gasteiger partial charge in [-0.05, 0) is 36.6 Å². The van der Waals surface area contributed by atoms with Crippen LogP contribution in [0, 0.1) is 0 Å². The molecule has 0 atom stereocenters. The molecular formula is C19H22Cl2N2O2. The first kappa shape index (κ1) is 19.6. The van der Waals surface area contributed by atoms with Crippen LogP contribution in [0.15, 0.2) is 42.5 Å². The Balaban J connectivity index is 2.09. The minimum absolute atomic E-state index is 0.137. The molecule has 6 heteroatoms. The van der Waals surface area contributed by atoms with Crippen molar-refractivity contribution >= 4 is 40.5 Å². The number of nitrogens with one attached hydrogen (secondary N) is 2. The topological polar surface area (TPSA) is 50.4 Å². The second kappa shape index (κ2) is 9.66. The third kappa shape index (κ3) is 5.63. The average Bonchev–Trinajstić information content (AvgIpc) is 2.60. The molecule has 0 radical (unpaired) electrons. The van der Waals surface area contributed by atoms with Crippen LogP contribution in [0.5, 0.6) is 0 Å². The molecule has 134 valence electrons. The van der Waals surface area contributed by atoms with Crippen LogP contribution < -0.4 is 10.8 Å². The van der Waals surface area contributed by atoms with Crippen LogP contribution in [0.4, 0.5) is 11.4 Å². The van der Waals surface area contributed by atoms with Crippen LogP contribution >= 0.6 is 23.2 Å². The van der Waals surface area contributed by atoms with Crippen LogP contribution in [-0.2, 0) is 16.1 Å². The standard InChI is InChI=1S/C19H22Cl2N2O2/c1-3-14(4-2)23-25-18(24)12-13-8-5-6-11-17(13)22-19-15(20)9-7-10-16(19)21/h5-11,14,22-23H,3-4,12H2,1-2H3. The summed E-state index contributed by atoms with van der Waals surface area (Å²) in [5.74, 6) is -0.341. The van der Waals surface area contributed by atoms with E-state index in [1.807, 2.05) is 38.1 Å². The SMILES string of the molecule is CCC(CC)NOC(=O)Cc1ccccc1Nc1c(Cl)cccc1Cl. The molecule has 0 spiro atoms. The molecule has 2 aromatic rings. The normalized spacial score (nSPS) is 10.8. The number of halogens is 2. The maximum Gasteiger partial charge on any atom is 0.329 e. The molecule has 0 saturated heterocycles. The van der Waals surface area contributed by atoms with Crippen LogP contribution in [0.1, 0.15) is 32.3 Å². The molecule has 2 rings (SSSR count).